The van der Waals surface area contributed by atoms with E-state index in [0.717, 1.165) is 5.56 Å². The third-order valence-electron chi connectivity index (χ3n) is 2.81. The molecule has 102 valence electrons. The average molecular weight is 289 g/mol. The minimum Gasteiger partial charge on any atom is -0.366 e. The monoisotopic (exact) mass is 288 g/mol. The number of rotatable bonds is 3. The molecular weight excluding hydrogens is 276 g/mol. The smallest absolute Gasteiger partial charge is 0.257 e. The van der Waals surface area contributed by atoms with Crippen molar-refractivity contribution in [1.29, 1.82) is 0 Å². The molecule has 20 heavy (non-hydrogen) atoms. The van der Waals surface area contributed by atoms with Gasteiger partial charge in [-0.1, -0.05) is 29.8 Å². The second-order valence-electron chi connectivity index (χ2n) is 4.35. The number of nitrogens with one attached hydrogen (secondary N) is 1. The first-order valence-electron chi connectivity index (χ1n) is 5.95. The van der Waals surface area contributed by atoms with Crippen molar-refractivity contribution in [2.45, 2.75) is 6.92 Å². The maximum atomic E-state index is 12.2. The molecule has 0 aliphatic heterocycles. The summed E-state index contributed by atoms with van der Waals surface area (Å²) in [5.74, 6) is -0.986. The standard InChI is InChI=1S/C15H13ClN2O2/c1-9-6-7-10(12(16)8-9)15(20)18-13-5-3-2-4-11(13)14(17)19/h2-8H,1H3,(H2,17,19)(H,18,20). The van der Waals surface area contributed by atoms with E-state index < -0.39 is 5.91 Å². The van der Waals surface area contributed by atoms with Crippen LogP contribution in [0.25, 0.3) is 0 Å². The molecule has 0 spiro atoms. The Morgan fingerprint density at radius 1 is 1.10 bits per heavy atom. The Hall–Kier alpha value is -2.33. The topological polar surface area (TPSA) is 72.2 Å². The van der Waals surface area contributed by atoms with E-state index in [1.807, 2.05) is 6.92 Å². The van der Waals surface area contributed by atoms with Gasteiger partial charge in [0.05, 0.1) is 21.8 Å². The van der Waals surface area contributed by atoms with Gasteiger partial charge in [0, 0.05) is 0 Å². The van der Waals surface area contributed by atoms with Crippen LogP contribution in [-0.2, 0) is 0 Å². The van der Waals surface area contributed by atoms with Gasteiger partial charge in [-0.15, -0.1) is 0 Å². The van der Waals surface area contributed by atoms with Gasteiger partial charge in [-0.25, -0.2) is 0 Å². The van der Waals surface area contributed by atoms with E-state index in [-0.39, 0.29) is 11.5 Å². The Bertz CT molecular complexity index is 683. The number of para-hydroxylation sites is 1. The number of carbonyl (C=O) groups excluding carboxylic acids is 2. The fourth-order valence-electron chi connectivity index (χ4n) is 1.80. The van der Waals surface area contributed by atoms with E-state index in [1.54, 1.807) is 42.5 Å². The number of benzene rings is 2. The molecule has 2 aromatic rings. The van der Waals surface area contributed by atoms with Crippen LogP contribution in [0.15, 0.2) is 42.5 Å². The number of amides is 2. The molecule has 0 heterocycles. The van der Waals surface area contributed by atoms with Crippen molar-refractivity contribution < 1.29 is 9.59 Å². The highest BCUT2D eigenvalue weighted by atomic mass is 35.5. The van der Waals surface area contributed by atoms with Crippen LogP contribution in [0.2, 0.25) is 5.02 Å². The molecule has 3 N–H and O–H groups in total. The number of halogens is 1. The van der Waals surface area contributed by atoms with Crippen molar-refractivity contribution in [2.75, 3.05) is 5.32 Å². The van der Waals surface area contributed by atoms with Gasteiger partial charge in [0.15, 0.2) is 0 Å². The molecule has 0 aromatic heterocycles. The molecule has 0 fully saturated rings. The number of nitrogens with two attached hydrogens (primary N) is 1. The Balaban J connectivity index is 2.30. The van der Waals surface area contributed by atoms with E-state index in [9.17, 15) is 9.59 Å². The number of carbonyl (C=O) groups is 2. The molecule has 0 saturated heterocycles. The summed E-state index contributed by atoms with van der Waals surface area (Å²) in [6.07, 6.45) is 0. The molecule has 0 atom stereocenters. The highest BCUT2D eigenvalue weighted by molar-refractivity contribution is 6.34. The van der Waals surface area contributed by atoms with Crippen molar-refractivity contribution in [1.82, 2.24) is 0 Å². The summed E-state index contributed by atoms with van der Waals surface area (Å²) >= 11 is 6.04. The van der Waals surface area contributed by atoms with Gasteiger partial charge in [0.25, 0.3) is 11.8 Å². The van der Waals surface area contributed by atoms with Crippen LogP contribution in [0.1, 0.15) is 26.3 Å². The number of anilines is 1. The molecule has 0 bridgehead atoms. The fourth-order valence-corrected chi connectivity index (χ4v) is 2.12. The van der Waals surface area contributed by atoms with Gasteiger partial charge >= 0.3 is 0 Å². The highest BCUT2D eigenvalue weighted by Crippen LogP contribution is 2.20. The zero-order valence-corrected chi connectivity index (χ0v) is 11.6. The third-order valence-corrected chi connectivity index (χ3v) is 3.12. The van der Waals surface area contributed by atoms with Gasteiger partial charge in [-0.3, -0.25) is 9.59 Å². The Labute approximate surface area is 121 Å². The molecule has 2 rings (SSSR count). The number of hydrogen-bond acceptors (Lipinski definition) is 2. The summed E-state index contributed by atoms with van der Waals surface area (Å²) in [4.78, 5) is 23.5. The first-order chi connectivity index (χ1) is 9.49. The molecule has 4 nitrogen and oxygen atoms in total. The van der Waals surface area contributed by atoms with Gasteiger partial charge in [0.1, 0.15) is 0 Å². The molecule has 0 unspecified atom stereocenters. The van der Waals surface area contributed by atoms with Crippen LogP contribution in [0.3, 0.4) is 0 Å². The number of hydrogen-bond donors (Lipinski definition) is 2. The predicted octanol–water partition coefficient (Wildman–Crippen LogP) is 3.00. The average Bonchev–Trinajstić information content (AvgIpc) is 2.38. The zero-order valence-electron chi connectivity index (χ0n) is 10.8. The molecule has 2 amide bonds. The summed E-state index contributed by atoms with van der Waals surface area (Å²) in [5, 5.41) is 3.00. The van der Waals surface area contributed by atoms with Crippen molar-refractivity contribution in [3.63, 3.8) is 0 Å². The van der Waals surface area contributed by atoms with Crippen molar-refractivity contribution in [3.8, 4) is 0 Å². The van der Waals surface area contributed by atoms with E-state index in [2.05, 4.69) is 5.32 Å². The van der Waals surface area contributed by atoms with Gasteiger partial charge in [0.2, 0.25) is 0 Å². The maximum absolute atomic E-state index is 12.2. The van der Waals surface area contributed by atoms with Crippen molar-refractivity contribution in [2.24, 2.45) is 5.73 Å². The SMILES string of the molecule is Cc1ccc(C(=O)Nc2ccccc2C(N)=O)c(Cl)c1. The van der Waals surface area contributed by atoms with Gasteiger partial charge < -0.3 is 11.1 Å². The van der Waals surface area contributed by atoms with Crippen LogP contribution in [0, 0.1) is 6.92 Å². The minimum atomic E-state index is -0.601. The fraction of sp³-hybridized carbons (Fsp3) is 0.0667. The Morgan fingerprint density at radius 3 is 2.45 bits per heavy atom. The number of aryl methyl sites for hydroxylation is 1. The molecule has 0 saturated carbocycles. The lowest BCUT2D eigenvalue weighted by molar-refractivity contribution is 0.100. The normalized spacial score (nSPS) is 10.1. The van der Waals surface area contributed by atoms with E-state index >= 15 is 0 Å². The van der Waals surface area contributed by atoms with Gasteiger partial charge in [-0.05, 0) is 36.8 Å². The Morgan fingerprint density at radius 2 is 1.80 bits per heavy atom. The van der Waals surface area contributed by atoms with Crippen LogP contribution >= 0.6 is 11.6 Å². The summed E-state index contributed by atoms with van der Waals surface area (Å²) in [6.45, 7) is 1.88. The Kier molecular flexibility index (Phi) is 4.05. The lowest BCUT2D eigenvalue weighted by Gasteiger charge is -2.10. The summed E-state index contributed by atoms with van der Waals surface area (Å²) in [6, 6.07) is 11.7. The van der Waals surface area contributed by atoms with Crippen LogP contribution < -0.4 is 11.1 Å². The zero-order chi connectivity index (χ0) is 14.7. The molecule has 0 radical (unpaired) electrons. The van der Waals surface area contributed by atoms with E-state index in [4.69, 9.17) is 17.3 Å². The second kappa shape index (κ2) is 5.75. The van der Waals surface area contributed by atoms with E-state index in [0.29, 0.717) is 16.3 Å². The van der Waals surface area contributed by atoms with Crippen LogP contribution in [0.5, 0.6) is 0 Å². The molecule has 5 heteroatoms. The lowest BCUT2D eigenvalue weighted by Crippen LogP contribution is -2.18. The van der Waals surface area contributed by atoms with Crippen molar-refractivity contribution in [3.05, 3.63) is 64.2 Å². The van der Waals surface area contributed by atoms with Gasteiger partial charge in [-0.2, -0.15) is 0 Å². The molecule has 0 aliphatic rings. The molecule has 0 aliphatic carbocycles. The maximum Gasteiger partial charge on any atom is 0.257 e. The largest absolute Gasteiger partial charge is 0.366 e. The number of primary amides is 1. The summed E-state index contributed by atoms with van der Waals surface area (Å²) in [7, 11) is 0. The second-order valence-corrected chi connectivity index (χ2v) is 4.75. The quantitative estimate of drug-likeness (QED) is 0.911. The molecule has 2 aromatic carbocycles. The minimum absolute atomic E-state index is 0.254. The first-order valence-corrected chi connectivity index (χ1v) is 6.33. The molecular formula is C15H13ClN2O2. The summed E-state index contributed by atoms with van der Waals surface area (Å²) in [5.41, 5.74) is 7.18. The van der Waals surface area contributed by atoms with E-state index in [1.165, 1.54) is 0 Å². The highest BCUT2D eigenvalue weighted by Gasteiger charge is 2.14. The first kappa shape index (κ1) is 14.1. The third kappa shape index (κ3) is 2.97. The predicted molar refractivity (Wildman–Crippen MR) is 79.1 cm³/mol. The van der Waals surface area contributed by atoms with Crippen molar-refractivity contribution >= 4 is 29.1 Å². The van der Waals surface area contributed by atoms with Crippen LogP contribution in [-0.4, -0.2) is 11.8 Å². The lowest BCUT2D eigenvalue weighted by atomic mass is 10.1. The van der Waals surface area contributed by atoms with Crippen LogP contribution in [0.4, 0.5) is 5.69 Å². The summed E-state index contributed by atoms with van der Waals surface area (Å²) < 4.78 is 0.